The number of aliphatic imine (C=N–C) groups is 1. The van der Waals surface area contributed by atoms with Crippen molar-refractivity contribution in [3.05, 3.63) is 34.5 Å². The van der Waals surface area contributed by atoms with Crippen molar-refractivity contribution in [1.29, 1.82) is 0 Å². The van der Waals surface area contributed by atoms with Gasteiger partial charge >= 0.3 is 0 Å². The Morgan fingerprint density at radius 2 is 2.38 bits per heavy atom. The summed E-state index contributed by atoms with van der Waals surface area (Å²) in [5, 5.41) is 17.0. The molecule has 24 heavy (non-hydrogen) atoms. The first kappa shape index (κ1) is 18.4. The summed E-state index contributed by atoms with van der Waals surface area (Å²) in [6, 6.07) is 4.39. The molecule has 0 saturated heterocycles. The van der Waals surface area contributed by atoms with Crippen LogP contribution in [-0.4, -0.2) is 47.5 Å². The minimum absolute atomic E-state index is 0.208. The number of methoxy groups -OCH3 is 1. The molecule has 0 aliphatic rings. The molecule has 1 unspecified atom stereocenters. The van der Waals surface area contributed by atoms with Crippen LogP contribution < -0.4 is 10.6 Å². The Hall–Kier alpha value is -1.93. The molecule has 2 heterocycles. The van der Waals surface area contributed by atoms with Gasteiger partial charge in [0.25, 0.3) is 0 Å². The molecule has 0 saturated carbocycles. The van der Waals surface area contributed by atoms with Crippen LogP contribution in [0.5, 0.6) is 0 Å². The van der Waals surface area contributed by atoms with Gasteiger partial charge in [-0.15, -0.1) is 21.5 Å². The highest BCUT2D eigenvalue weighted by Crippen LogP contribution is 2.17. The summed E-state index contributed by atoms with van der Waals surface area (Å²) < 4.78 is 7.14. The molecule has 2 aromatic rings. The van der Waals surface area contributed by atoms with Crippen LogP contribution >= 0.6 is 11.3 Å². The van der Waals surface area contributed by atoms with Gasteiger partial charge in [-0.3, -0.25) is 4.99 Å². The molecule has 132 valence electrons. The number of rotatable bonds is 9. The predicted octanol–water partition coefficient (Wildman–Crippen LogP) is 1.84. The van der Waals surface area contributed by atoms with E-state index in [2.05, 4.69) is 61.8 Å². The van der Waals surface area contributed by atoms with E-state index in [4.69, 9.17) is 4.74 Å². The first-order valence-electron chi connectivity index (χ1n) is 8.18. The lowest BCUT2D eigenvalue weighted by atomic mass is 10.3. The molecule has 0 fully saturated rings. The van der Waals surface area contributed by atoms with Gasteiger partial charge < -0.3 is 19.9 Å². The SMILES string of the molecule is CCc1nncn1CCNC(=NCCOC)NC(C)c1cccs1. The molecule has 2 rings (SSSR count). The molecule has 0 aliphatic heterocycles. The fourth-order valence-corrected chi connectivity index (χ4v) is 2.98. The molecule has 2 aromatic heterocycles. The summed E-state index contributed by atoms with van der Waals surface area (Å²) in [7, 11) is 1.68. The van der Waals surface area contributed by atoms with Gasteiger partial charge in [0.15, 0.2) is 5.96 Å². The Morgan fingerprint density at radius 1 is 1.50 bits per heavy atom. The Balaban J connectivity index is 1.89. The van der Waals surface area contributed by atoms with Gasteiger partial charge in [0.1, 0.15) is 12.2 Å². The monoisotopic (exact) mass is 350 g/mol. The van der Waals surface area contributed by atoms with E-state index < -0.39 is 0 Å². The molecule has 8 heteroatoms. The molecule has 0 aliphatic carbocycles. The topological polar surface area (TPSA) is 76.4 Å². The average Bonchev–Trinajstić information content (AvgIpc) is 3.26. The van der Waals surface area contributed by atoms with Crippen molar-refractivity contribution >= 4 is 17.3 Å². The lowest BCUT2D eigenvalue weighted by Crippen LogP contribution is -2.40. The maximum absolute atomic E-state index is 5.08. The van der Waals surface area contributed by atoms with Crippen LogP contribution in [0.25, 0.3) is 0 Å². The quantitative estimate of drug-likeness (QED) is 0.410. The number of nitrogens with one attached hydrogen (secondary N) is 2. The molecule has 2 N–H and O–H groups in total. The molecular weight excluding hydrogens is 324 g/mol. The van der Waals surface area contributed by atoms with E-state index in [-0.39, 0.29) is 6.04 Å². The third-order valence-electron chi connectivity index (χ3n) is 3.55. The van der Waals surface area contributed by atoms with Gasteiger partial charge in [-0.05, 0) is 18.4 Å². The molecule has 0 spiro atoms. The summed E-state index contributed by atoms with van der Waals surface area (Å²) in [5.74, 6) is 1.79. The molecule has 0 bridgehead atoms. The molecule has 0 radical (unpaired) electrons. The molecule has 0 amide bonds. The van der Waals surface area contributed by atoms with Crippen molar-refractivity contribution in [2.24, 2.45) is 4.99 Å². The fraction of sp³-hybridized carbons (Fsp3) is 0.562. The van der Waals surface area contributed by atoms with Gasteiger partial charge in [-0.1, -0.05) is 13.0 Å². The number of hydrogen-bond acceptors (Lipinski definition) is 5. The number of thiophene rings is 1. The van der Waals surface area contributed by atoms with Crippen LogP contribution in [0.15, 0.2) is 28.8 Å². The van der Waals surface area contributed by atoms with E-state index in [1.807, 2.05) is 0 Å². The van der Waals surface area contributed by atoms with E-state index in [0.29, 0.717) is 13.2 Å². The zero-order chi connectivity index (χ0) is 17.2. The van der Waals surface area contributed by atoms with Crippen molar-refractivity contribution in [1.82, 2.24) is 25.4 Å². The lowest BCUT2D eigenvalue weighted by molar-refractivity contribution is 0.208. The number of hydrogen-bond donors (Lipinski definition) is 2. The highest BCUT2D eigenvalue weighted by atomic mass is 32.1. The van der Waals surface area contributed by atoms with Crippen LogP contribution in [0.1, 0.15) is 30.6 Å². The number of guanidine groups is 1. The van der Waals surface area contributed by atoms with E-state index in [1.54, 1.807) is 24.8 Å². The highest BCUT2D eigenvalue weighted by molar-refractivity contribution is 7.10. The van der Waals surface area contributed by atoms with Gasteiger partial charge in [-0.25, -0.2) is 0 Å². The molecular formula is C16H26N6OS. The summed E-state index contributed by atoms with van der Waals surface area (Å²) in [5.41, 5.74) is 0. The van der Waals surface area contributed by atoms with E-state index in [9.17, 15) is 0 Å². The molecule has 7 nitrogen and oxygen atoms in total. The van der Waals surface area contributed by atoms with Crippen LogP contribution in [-0.2, 0) is 17.7 Å². The van der Waals surface area contributed by atoms with Crippen molar-refractivity contribution in [2.45, 2.75) is 32.9 Å². The summed E-state index contributed by atoms with van der Waals surface area (Å²) in [6.45, 7) is 6.99. The van der Waals surface area contributed by atoms with Gasteiger partial charge in [0, 0.05) is 31.5 Å². The van der Waals surface area contributed by atoms with E-state index in [1.165, 1.54) is 4.88 Å². The lowest BCUT2D eigenvalue weighted by Gasteiger charge is -2.18. The van der Waals surface area contributed by atoms with Crippen molar-refractivity contribution in [3.63, 3.8) is 0 Å². The zero-order valence-corrected chi connectivity index (χ0v) is 15.3. The Bertz CT molecular complexity index is 610. The first-order valence-corrected chi connectivity index (χ1v) is 9.06. The smallest absolute Gasteiger partial charge is 0.191 e. The Labute approximate surface area is 147 Å². The van der Waals surface area contributed by atoms with Crippen LogP contribution in [0, 0.1) is 0 Å². The fourth-order valence-electron chi connectivity index (χ4n) is 2.25. The first-order chi connectivity index (χ1) is 11.7. The van der Waals surface area contributed by atoms with Crippen LogP contribution in [0.4, 0.5) is 0 Å². The summed E-state index contributed by atoms with van der Waals surface area (Å²) >= 11 is 1.74. The minimum Gasteiger partial charge on any atom is -0.383 e. The Kier molecular flexibility index (Phi) is 7.70. The van der Waals surface area contributed by atoms with Crippen molar-refractivity contribution < 1.29 is 4.74 Å². The minimum atomic E-state index is 0.208. The second kappa shape index (κ2) is 10.0. The van der Waals surface area contributed by atoms with Gasteiger partial charge in [-0.2, -0.15) is 0 Å². The standard InChI is InChI=1S/C16H26N6OS/c1-4-15-21-19-12-22(15)9-7-17-16(18-8-10-23-3)20-13(2)14-6-5-11-24-14/h5-6,11-13H,4,7-10H2,1-3H3,(H2,17,18,20). The zero-order valence-electron chi connectivity index (χ0n) is 14.5. The molecule has 0 aromatic carbocycles. The molecule has 1 atom stereocenters. The van der Waals surface area contributed by atoms with Crippen molar-refractivity contribution in [3.8, 4) is 0 Å². The third-order valence-corrected chi connectivity index (χ3v) is 4.60. The second-order valence-electron chi connectivity index (χ2n) is 5.33. The van der Waals surface area contributed by atoms with Crippen molar-refractivity contribution in [2.75, 3.05) is 26.8 Å². The maximum Gasteiger partial charge on any atom is 0.191 e. The van der Waals surface area contributed by atoms with E-state index in [0.717, 1.165) is 31.3 Å². The normalized spacial score (nSPS) is 13.0. The summed E-state index contributed by atoms with van der Waals surface area (Å²) in [6.07, 6.45) is 2.65. The largest absolute Gasteiger partial charge is 0.383 e. The third kappa shape index (κ3) is 5.61. The number of aromatic nitrogens is 3. The van der Waals surface area contributed by atoms with Crippen LogP contribution in [0.2, 0.25) is 0 Å². The maximum atomic E-state index is 5.08. The summed E-state index contributed by atoms with van der Waals surface area (Å²) in [4.78, 5) is 5.84. The second-order valence-corrected chi connectivity index (χ2v) is 6.30. The number of ether oxygens (including phenoxy) is 1. The van der Waals surface area contributed by atoms with Crippen LogP contribution in [0.3, 0.4) is 0 Å². The van der Waals surface area contributed by atoms with E-state index >= 15 is 0 Å². The predicted molar refractivity (Wildman–Crippen MR) is 97.5 cm³/mol. The Morgan fingerprint density at radius 3 is 3.08 bits per heavy atom. The number of nitrogens with zero attached hydrogens (tertiary/aromatic N) is 4. The van der Waals surface area contributed by atoms with Gasteiger partial charge in [0.2, 0.25) is 0 Å². The van der Waals surface area contributed by atoms with Gasteiger partial charge in [0.05, 0.1) is 19.2 Å². The highest BCUT2D eigenvalue weighted by Gasteiger charge is 2.09. The number of aryl methyl sites for hydroxylation is 1. The average molecular weight is 350 g/mol.